The number of nitriles is 1. The van der Waals surface area contributed by atoms with E-state index in [2.05, 4.69) is 79.9 Å². The predicted octanol–water partition coefficient (Wildman–Crippen LogP) is 17.0. The number of nitrogens with two attached hydrogens (primary N) is 3. The zero-order chi connectivity index (χ0) is 89.9. The van der Waals surface area contributed by atoms with Crippen LogP contribution in [0, 0.1) is 68.5 Å². The molecule has 0 aliphatic rings. The number of amides is 1. The topological polar surface area (TPSA) is 418 Å². The van der Waals surface area contributed by atoms with Crippen LogP contribution in [0.3, 0.4) is 0 Å². The van der Waals surface area contributed by atoms with Gasteiger partial charge in [-0.15, -0.1) is 0 Å². The van der Waals surface area contributed by atoms with Gasteiger partial charge in [-0.25, -0.2) is 9.78 Å². The van der Waals surface area contributed by atoms with Crippen LogP contribution >= 0.6 is 61.1 Å². The van der Waals surface area contributed by atoms with Crippen molar-refractivity contribution in [3.8, 4) is 39.4 Å². The maximum absolute atomic E-state index is 11.4. The molecule has 14 aromatic rings. The van der Waals surface area contributed by atoms with Crippen LogP contribution in [-0.4, -0.2) is 47.6 Å². The molecule has 127 heavy (non-hydrogen) atoms. The zero-order valence-corrected chi connectivity index (χ0v) is 82.1. The Morgan fingerprint density at radius 1 is 0.512 bits per heavy atom. The van der Waals surface area contributed by atoms with Gasteiger partial charge in [-0.2, -0.15) is 5.26 Å². The third kappa shape index (κ3) is 39.8. The minimum absolute atomic E-state index is 0. The molecular formula is C94H93BrI2K2N12O16. The number of nitro benzene ring substituents is 3. The van der Waals surface area contributed by atoms with Crippen molar-refractivity contribution in [2.75, 3.05) is 33.2 Å². The number of carbonyl (C=O) groups is 2. The van der Waals surface area contributed by atoms with E-state index in [1.165, 1.54) is 35.4 Å². The summed E-state index contributed by atoms with van der Waals surface area (Å²) >= 11 is 6.23. The van der Waals surface area contributed by atoms with E-state index in [1.54, 1.807) is 53.5 Å². The summed E-state index contributed by atoms with van der Waals surface area (Å²) in [5.41, 5.74) is 33.0. The Morgan fingerprint density at radius 2 is 0.890 bits per heavy atom. The number of nitrogens with zero attached hydrogens (tertiary/aromatic N) is 6. The summed E-state index contributed by atoms with van der Waals surface area (Å²) in [6.45, 7) is 13.2. The number of imidazole rings is 1. The van der Waals surface area contributed by atoms with E-state index >= 15 is 0 Å². The maximum atomic E-state index is 11.4. The first-order valence-corrected chi connectivity index (χ1v) is 40.5. The van der Waals surface area contributed by atoms with E-state index in [4.69, 9.17) is 61.3 Å². The van der Waals surface area contributed by atoms with Crippen molar-refractivity contribution in [1.82, 2.24) is 9.55 Å². The van der Waals surface area contributed by atoms with Crippen molar-refractivity contribution < 1.29 is 167 Å². The molecule has 0 fully saturated rings. The Kier molecular flexibility index (Phi) is 49.1. The van der Waals surface area contributed by atoms with E-state index < -0.39 is 26.5 Å². The Hall–Kier alpha value is -11.1. The fourth-order valence-electron chi connectivity index (χ4n) is 10.9. The van der Waals surface area contributed by atoms with Gasteiger partial charge in [-0.05, 0) is 241 Å². The molecule has 0 spiro atoms. The number of phenolic OH excluding ortho intramolecular Hbond substituents is 1. The molecule has 0 aliphatic heterocycles. The molecule has 0 saturated heterocycles. The molecule has 1 amide bonds. The number of phenols is 1. The molecule has 14 rings (SSSR count). The number of aromatic nitrogens is 2. The van der Waals surface area contributed by atoms with E-state index in [0.29, 0.717) is 73.8 Å². The number of aromatic hydroxyl groups is 1. The molecule has 0 saturated carbocycles. The molecule has 13 aromatic carbocycles. The van der Waals surface area contributed by atoms with Gasteiger partial charge in [0.1, 0.15) is 71.4 Å². The largest absolute Gasteiger partial charge is 1.00 e. The van der Waals surface area contributed by atoms with Gasteiger partial charge in [0.15, 0.2) is 0 Å². The van der Waals surface area contributed by atoms with Crippen molar-refractivity contribution >= 4 is 148 Å². The number of hydrogen-bond acceptors (Lipinski definition) is 23. The summed E-state index contributed by atoms with van der Waals surface area (Å²) in [6.07, 6.45) is -0.479. The van der Waals surface area contributed by atoms with Gasteiger partial charge in [0.25, 0.3) is 23.5 Å². The smallest absolute Gasteiger partial charge is 1.00 e. The second kappa shape index (κ2) is 57.6. The summed E-state index contributed by atoms with van der Waals surface area (Å²) in [5.74, 6) is 2.90. The van der Waals surface area contributed by atoms with Gasteiger partial charge in [0, 0.05) is 56.5 Å². The van der Waals surface area contributed by atoms with Crippen LogP contribution in [0.4, 0.5) is 67.6 Å². The summed E-state index contributed by atoms with van der Waals surface area (Å²) in [7, 11) is 0. The van der Waals surface area contributed by atoms with Crippen LogP contribution in [0.15, 0.2) is 309 Å². The molecule has 0 unspecified atom stereocenters. The van der Waals surface area contributed by atoms with Gasteiger partial charge >= 0.3 is 109 Å². The van der Waals surface area contributed by atoms with Crippen LogP contribution in [-0.2, 0) is 40.8 Å². The number of rotatable bonds is 22. The standard InChI is InChI=1S/C21H19N3O.C20H18N2O3.C20H20N2O.C13H10INO3.C11H16N2O2.C6H4INO3.CBrN.CH2O3.CH4.2K.H/c1-15-6-5-9-17(12-15)24-20-11-10-18(13-19(20)23-21(24)22)25-14-16-7-3-2-4-8-16;1-15-6-5-9-17(12-15)21-19-11-10-18(13-20(19)22(23)24)25-14-16-7-3-2-4-8-16;1-15-6-5-9-17(12-15)22-20-11-10-18(13-19(20)21)23-14-16-7-3-2-4-8-16;14-12-7-6-11(8-13(12)15(16)17)18-9-10-4-2-1-3-5-10;1-11(2,3)15-10(14)13-9-6-4-5-8(12)7-9;7-5-2-1-4(9)3-6(5)8(10)11;2-1-3;2-1-4-3;;;;/h2-13H,14H2,1H3,(H2,22,23);2-13,21H,14H2,1H3;2-13,22H,14,21H2,1H3;1-8H,9H2;4-7H,12H2,1-3H3,(H,13,14);1-3,9H;;1,3H;1H4;;;/q;;;;;;;;;2*+1;-1/p-1. The van der Waals surface area contributed by atoms with Crippen LogP contribution < -0.4 is 160 Å². The van der Waals surface area contributed by atoms with Gasteiger partial charge in [0.05, 0.1) is 62.5 Å². The molecule has 1 heterocycles. The summed E-state index contributed by atoms with van der Waals surface area (Å²) in [5, 5.41) is 66.0. The third-order valence-electron chi connectivity index (χ3n) is 16.5. The average Bonchev–Trinajstić information content (AvgIpc) is 1.63. The van der Waals surface area contributed by atoms with Crippen molar-refractivity contribution in [2.24, 2.45) is 0 Å². The Bertz CT molecular complexity index is 5860. The molecule has 0 atom stereocenters. The first-order valence-electron chi connectivity index (χ1n) is 37.5. The number of fused-ring (bicyclic) bond motifs is 1. The number of aryl methyl sites for hydroxylation is 3. The van der Waals surface area contributed by atoms with Crippen molar-refractivity contribution in [2.45, 2.75) is 81.0 Å². The fraction of sp³-hybridized carbons (Fsp3) is 0.128. The summed E-state index contributed by atoms with van der Waals surface area (Å²) in [6, 6.07) is 95.9. The molecule has 28 nitrogen and oxygen atoms in total. The molecule has 0 aliphatic carbocycles. The molecule has 0 bridgehead atoms. The number of benzene rings is 13. The second-order valence-corrected chi connectivity index (χ2v) is 30.0. The van der Waals surface area contributed by atoms with Crippen LogP contribution in [0.1, 0.15) is 68.6 Å². The third-order valence-corrected chi connectivity index (χ3v) is 18.3. The van der Waals surface area contributed by atoms with E-state index in [9.17, 15) is 35.1 Å². The molecule has 33 heteroatoms. The van der Waals surface area contributed by atoms with Gasteiger partial charge < -0.3 is 68.2 Å². The minimum Gasteiger partial charge on any atom is -1.00 e. The molecule has 648 valence electrons. The Balaban J connectivity index is 0.000000394. The number of ether oxygens (including phenoxy) is 5. The molecule has 1 aromatic heterocycles. The van der Waals surface area contributed by atoms with E-state index in [0.717, 1.165) is 79.2 Å². The van der Waals surface area contributed by atoms with Gasteiger partial charge in [0.2, 0.25) is 5.95 Å². The molecule has 0 radical (unpaired) electrons. The summed E-state index contributed by atoms with van der Waals surface area (Å²) < 4.78 is 31.1. The van der Waals surface area contributed by atoms with Crippen LogP contribution in [0.25, 0.3) is 16.7 Å². The normalized spacial score (nSPS) is 9.80. The Morgan fingerprint density at radius 3 is 1.31 bits per heavy atom. The SMILES string of the molecule is C.CC(C)(C)OC(=O)Nc1cccc(N)c1.Cc1cccc(-n2c(N)nc3cc(OCc4ccccc4)ccc32)c1.Cc1cccc(Nc2ccc(OCc3ccccc3)cc2N)c1.Cc1cccc(Nc2ccc(OCc3ccccc3)cc2[N+](=O)[O-])c1.N#CBr.O=CO[O-].O=[N+]([O-])c1cc(O)ccc1I.O=[N+]([O-])c1cc(OCc2ccccc2)ccc1I.[H-].[K+].[K+]. The summed E-state index contributed by atoms with van der Waals surface area (Å²) in [4.78, 5) is 59.8. The number of nitro groups is 3. The number of nitrogen functional groups attached to an aromatic ring is 3. The van der Waals surface area contributed by atoms with E-state index in [-0.39, 0.29) is 141 Å². The molecular weight excluding hydrogens is 1970 g/mol. The van der Waals surface area contributed by atoms with Crippen LogP contribution in [0.2, 0.25) is 0 Å². The minimum atomic E-state index is -0.526. The monoisotopic (exact) mass is 2060 g/mol. The first kappa shape index (κ1) is 108. The maximum Gasteiger partial charge on any atom is 1.00 e. The Labute approximate surface area is 858 Å². The fourth-order valence-corrected chi connectivity index (χ4v) is 12.0. The number of carbonyl (C=O) groups excluding carboxylic acids is 2. The second-order valence-electron chi connectivity index (χ2n) is 27.4. The van der Waals surface area contributed by atoms with Crippen LogP contribution in [0.5, 0.6) is 28.7 Å². The number of anilines is 8. The van der Waals surface area contributed by atoms with Crippen molar-refractivity contribution in [1.29, 1.82) is 5.26 Å². The predicted molar refractivity (Wildman–Crippen MR) is 510 cm³/mol. The first-order chi connectivity index (χ1) is 59.5. The van der Waals surface area contributed by atoms with E-state index in [1.807, 2.05) is 284 Å². The van der Waals surface area contributed by atoms with Crippen molar-refractivity contribution in [3.05, 3.63) is 386 Å². The number of nitrogens with one attached hydrogen (secondary N) is 3. The van der Waals surface area contributed by atoms with Gasteiger partial charge in [-0.1, -0.05) is 171 Å². The molecule has 10 N–H and O–H groups in total. The zero-order valence-electron chi connectivity index (χ0n) is 71.0. The van der Waals surface area contributed by atoms with Crippen molar-refractivity contribution in [3.63, 3.8) is 0 Å². The number of hydrogen-bond donors (Lipinski definition) is 7. The number of halogens is 3. The quantitative estimate of drug-likeness (QED) is 0.00630. The average molecular weight is 2060 g/mol. The van der Waals surface area contributed by atoms with Gasteiger partial charge in [-0.3, -0.25) is 45.0 Å².